The molecule has 0 aliphatic rings. The largest absolute Gasteiger partial charge is 0.478 e. The minimum atomic E-state index is -1.12. The molecule has 2 heterocycles. The van der Waals surface area contributed by atoms with Crippen molar-refractivity contribution in [3.05, 3.63) is 57.2 Å². The van der Waals surface area contributed by atoms with Crippen molar-refractivity contribution in [2.24, 2.45) is 0 Å². The van der Waals surface area contributed by atoms with E-state index in [4.69, 9.17) is 16.1 Å². The molecule has 1 aromatic carbocycles. The number of amides is 1. The van der Waals surface area contributed by atoms with Crippen molar-refractivity contribution in [2.75, 3.05) is 5.32 Å². The van der Waals surface area contributed by atoms with E-state index in [1.165, 1.54) is 11.3 Å². The predicted molar refractivity (Wildman–Crippen MR) is 95.7 cm³/mol. The molecule has 8 heteroatoms. The number of carbonyl (C=O) groups is 2. The number of nitrogens with zero attached hydrogens (tertiary/aromatic N) is 1. The number of carboxylic acid groups (broad SMARTS) is 1. The molecule has 2 aromatic heterocycles. The molecule has 0 saturated carbocycles. The van der Waals surface area contributed by atoms with Crippen LogP contribution in [0.2, 0.25) is 5.02 Å². The first kappa shape index (κ1) is 17.2. The molecule has 0 spiro atoms. The van der Waals surface area contributed by atoms with E-state index < -0.39 is 11.9 Å². The van der Waals surface area contributed by atoms with E-state index in [0.29, 0.717) is 32.5 Å². The van der Waals surface area contributed by atoms with Gasteiger partial charge < -0.3 is 14.9 Å². The lowest BCUT2D eigenvalue weighted by molar-refractivity contribution is 0.0699. The van der Waals surface area contributed by atoms with E-state index in [1.54, 1.807) is 43.5 Å². The zero-order valence-electron chi connectivity index (χ0n) is 13.3. The maximum atomic E-state index is 12.5. The van der Waals surface area contributed by atoms with Crippen LogP contribution in [-0.2, 0) is 0 Å². The molecule has 3 rings (SSSR count). The van der Waals surface area contributed by atoms with E-state index in [1.807, 2.05) is 0 Å². The fourth-order valence-corrected chi connectivity index (χ4v) is 3.59. The van der Waals surface area contributed by atoms with Crippen LogP contribution in [0.5, 0.6) is 0 Å². The number of carboxylic acids is 1. The van der Waals surface area contributed by atoms with Crippen LogP contribution in [0.15, 0.2) is 34.2 Å². The van der Waals surface area contributed by atoms with Gasteiger partial charge in [-0.1, -0.05) is 28.9 Å². The molecule has 3 aromatic rings. The molecule has 6 nitrogen and oxygen atoms in total. The van der Waals surface area contributed by atoms with Gasteiger partial charge in [0, 0.05) is 10.4 Å². The van der Waals surface area contributed by atoms with Crippen LogP contribution < -0.4 is 5.32 Å². The molecular formula is C17H13ClN2O4S. The summed E-state index contributed by atoms with van der Waals surface area (Å²) < 4.78 is 4.98. The average molecular weight is 377 g/mol. The summed E-state index contributed by atoms with van der Waals surface area (Å²) in [6.45, 7) is 3.27. The van der Waals surface area contributed by atoms with E-state index in [2.05, 4.69) is 10.5 Å². The summed E-state index contributed by atoms with van der Waals surface area (Å²) in [6.07, 6.45) is 0. The van der Waals surface area contributed by atoms with E-state index in [9.17, 15) is 14.7 Å². The van der Waals surface area contributed by atoms with Crippen LogP contribution in [0.1, 0.15) is 32.2 Å². The first-order chi connectivity index (χ1) is 11.9. The minimum Gasteiger partial charge on any atom is -0.478 e. The first-order valence-electron chi connectivity index (χ1n) is 7.23. The Morgan fingerprint density at radius 1 is 1.20 bits per heavy atom. The Balaban J connectivity index is 1.99. The smallest absolute Gasteiger partial charge is 0.339 e. The molecule has 0 unspecified atom stereocenters. The van der Waals surface area contributed by atoms with Gasteiger partial charge in [-0.25, -0.2) is 4.79 Å². The van der Waals surface area contributed by atoms with Gasteiger partial charge in [0.1, 0.15) is 16.9 Å². The van der Waals surface area contributed by atoms with Crippen LogP contribution in [0, 0.1) is 13.8 Å². The maximum absolute atomic E-state index is 12.5. The van der Waals surface area contributed by atoms with Gasteiger partial charge >= 0.3 is 5.97 Å². The number of thiophene rings is 1. The lowest BCUT2D eigenvalue weighted by atomic mass is 10.1. The van der Waals surface area contributed by atoms with Crippen LogP contribution in [0.4, 0.5) is 5.69 Å². The summed E-state index contributed by atoms with van der Waals surface area (Å²) in [5, 5.41) is 18.1. The monoisotopic (exact) mass is 376 g/mol. The molecule has 0 bridgehead atoms. The topological polar surface area (TPSA) is 92.4 Å². The number of carbonyl (C=O) groups excluding carboxylic acids is 1. The summed E-state index contributed by atoms with van der Waals surface area (Å²) in [4.78, 5) is 24.7. The van der Waals surface area contributed by atoms with E-state index >= 15 is 0 Å². The van der Waals surface area contributed by atoms with Gasteiger partial charge in [-0.2, -0.15) is 0 Å². The number of hydrogen-bond acceptors (Lipinski definition) is 5. The molecule has 1 amide bonds. The normalized spacial score (nSPS) is 10.7. The molecule has 0 aliphatic carbocycles. The standard InChI is InChI=1S/C17H13ClN2O4S/c1-8-13(9(2)24-20-8)16(21)19-12-7-25-15(14(12)17(22)23)10-3-5-11(18)6-4-10/h3-7H,1-2H3,(H,19,21)(H,22,23). The Bertz CT molecular complexity index is 940. The SMILES string of the molecule is Cc1noc(C)c1C(=O)Nc1csc(-c2ccc(Cl)cc2)c1C(=O)O. The summed E-state index contributed by atoms with van der Waals surface area (Å²) in [5.41, 5.74) is 1.72. The molecule has 128 valence electrons. The molecule has 2 N–H and O–H groups in total. The van der Waals surface area contributed by atoms with Crippen LogP contribution in [0.25, 0.3) is 10.4 Å². The molecular weight excluding hydrogens is 364 g/mol. The van der Waals surface area contributed by atoms with Gasteiger partial charge in [-0.3, -0.25) is 4.79 Å². The molecule has 0 radical (unpaired) electrons. The number of rotatable bonds is 4. The second-order valence-electron chi connectivity index (χ2n) is 5.32. The number of hydrogen-bond donors (Lipinski definition) is 2. The van der Waals surface area contributed by atoms with E-state index in [-0.39, 0.29) is 11.3 Å². The Hall–Kier alpha value is -2.64. The number of aryl methyl sites for hydroxylation is 2. The first-order valence-corrected chi connectivity index (χ1v) is 8.49. The Morgan fingerprint density at radius 2 is 1.88 bits per heavy atom. The predicted octanol–water partition coefficient (Wildman–Crippen LogP) is 4.62. The van der Waals surface area contributed by atoms with Crippen molar-refractivity contribution in [2.45, 2.75) is 13.8 Å². The molecule has 0 atom stereocenters. The quantitative estimate of drug-likeness (QED) is 0.692. The Labute approximate surface area is 152 Å². The highest BCUT2D eigenvalue weighted by Crippen LogP contribution is 2.36. The van der Waals surface area contributed by atoms with Crippen molar-refractivity contribution < 1.29 is 19.2 Å². The highest BCUT2D eigenvalue weighted by Gasteiger charge is 2.24. The zero-order chi connectivity index (χ0) is 18.1. The lowest BCUT2D eigenvalue weighted by Gasteiger charge is -2.06. The zero-order valence-corrected chi connectivity index (χ0v) is 14.9. The van der Waals surface area contributed by atoms with Crippen molar-refractivity contribution >= 4 is 40.5 Å². The summed E-state index contributed by atoms with van der Waals surface area (Å²) >= 11 is 7.11. The second kappa shape index (κ2) is 6.70. The highest BCUT2D eigenvalue weighted by atomic mass is 35.5. The van der Waals surface area contributed by atoms with Crippen molar-refractivity contribution in [1.82, 2.24) is 5.16 Å². The third kappa shape index (κ3) is 3.29. The van der Waals surface area contributed by atoms with Gasteiger partial charge in [0.25, 0.3) is 5.91 Å². The van der Waals surface area contributed by atoms with Gasteiger partial charge in [0.05, 0.1) is 16.3 Å². The second-order valence-corrected chi connectivity index (χ2v) is 6.63. The summed E-state index contributed by atoms with van der Waals surface area (Å²) in [5.74, 6) is -1.21. The number of aromatic nitrogens is 1. The summed E-state index contributed by atoms with van der Waals surface area (Å²) in [7, 11) is 0. The molecule has 0 fully saturated rings. The van der Waals surface area contributed by atoms with Crippen molar-refractivity contribution in [1.29, 1.82) is 0 Å². The molecule has 0 saturated heterocycles. The van der Waals surface area contributed by atoms with Crippen molar-refractivity contribution in [3.8, 4) is 10.4 Å². The lowest BCUT2D eigenvalue weighted by Crippen LogP contribution is -2.15. The Morgan fingerprint density at radius 3 is 2.44 bits per heavy atom. The van der Waals surface area contributed by atoms with E-state index in [0.717, 1.165) is 0 Å². The number of anilines is 1. The van der Waals surface area contributed by atoms with Crippen LogP contribution in [-0.4, -0.2) is 22.1 Å². The van der Waals surface area contributed by atoms with Crippen molar-refractivity contribution in [3.63, 3.8) is 0 Å². The maximum Gasteiger partial charge on any atom is 0.339 e. The fourth-order valence-electron chi connectivity index (χ4n) is 2.47. The average Bonchev–Trinajstić information content (AvgIpc) is 3.11. The summed E-state index contributed by atoms with van der Waals surface area (Å²) in [6, 6.07) is 6.84. The number of aromatic carboxylic acids is 1. The molecule has 0 aliphatic heterocycles. The van der Waals surface area contributed by atoms with Crippen LogP contribution in [0.3, 0.4) is 0 Å². The number of halogens is 1. The van der Waals surface area contributed by atoms with Gasteiger partial charge in [-0.05, 0) is 31.5 Å². The third-order valence-corrected chi connectivity index (χ3v) is 4.90. The highest BCUT2D eigenvalue weighted by molar-refractivity contribution is 7.14. The number of benzene rings is 1. The van der Waals surface area contributed by atoms with Gasteiger partial charge in [0.15, 0.2) is 0 Å². The van der Waals surface area contributed by atoms with Gasteiger partial charge in [-0.15, -0.1) is 11.3 Å². The van der Waals surface area contributed by atoms with Crippen LogP contribution >= 0.6 is 22.9 Å². The third-order valence-electron chi connectivity index (χ3n) is 3.62. The fraction of sp³-hybridized carbons (Fsp3) is 0.118. The number of nitrogens with one attached hydrogen (secondary N) is 1. The Kier molecular flexibility index (Phi) is 4.61. The molecule has 25 heavy (non-hydrogen) atoms. The minimum absolute atomic E-state index is 0.0347. The van der Waals surface area contributed by atoms with Gasteiger partial charge in [0.2, 0.25) is 0 Å².